The average molecular weight is 537 g/mol. The van der Waals surface area contributed by atoms with Crippen molar-refractivity contribution in [1.29, 1.82) is 0 Å². The van der Waals surface area contributed by atoms with E-state index in [4.69, 9.17) is 23.5 Å². The number of nitrogens with zero attached hydrogens (tertiary/aromatic N) is 2. The third kappa shape index (κ3) is 5.35. The lowest BCUT2D eigenvalue weighted by molar-refractivity contribution is -0.384. The maximum Gasteiger partial charge on any atom is 0.514 e. The lowest BCUT2D eigenvalue weighted by atomic mass is 9.62. The number of rotatable bonds is 8. The van der Waals surface area contributed by atoms with Crippen LogP contribution in [-0.4, -0.2) is 41.5 Å². The quantitative estimate of drug-likeness (QED) is 0.159. The maximum atomic E-state index is 12.2. The summed E-state index contributed by atoms with van der Waals surface area (Å²) in [7, 11) is 1.40. The average Bonchev–Trinajstić information content (AvgIpc) is 3.33. The van der Waals surface area contributed by atoms with Crippen LogP contribution in [0.3, 0.4) is 0 Å². The second kappa shape index (κ2) is 10.5. The number of aryl methyl sites for hydroxylation is 1. The van der Waals surface area contributed by atoms with E-state index in [1.165, 1.54) is 36.9 Å². The van der Waals surface area contributed by atoms with Crippen LogP contribution in [0.1, 0.15) is 48.9 Å². The lowest BCUT2D eigenvalue weighted by Gasteiger charge is -2.53. The largest absolute Gasteiger partial charge is 0.514 e. The molecule has 1 saturated carbocycles. The Hall–Kier alpha value is -4.25. The van der Waals surface area contributed by atoms with Gasteiger partial charge in [-0.2, -0.15) is 0 Å². The molecule has 3 fully saturated rings. The highest BCUT2D eigenvalue weighted by molar-refractivity contribution is 5.70. The van der Waals surface area contributed by atoms with Crippen molar-refractivity contribution in [3.05, 3.63) is 75.5 Å². The normalized spacial score (nSPS) is 21.8. The van der Waals surface area contributed by atoms with Gasteiger partial charge >= 0.3 is 12.1 Å². The van der Waals surface area contributed by atoms with Gasteiger partial charge in [0.1, 0.15) is 12.4 Å². The van der Waals surface area contributed by atoms with Crippen molar-refractivity contribution in [2.45, 2.75) is 56.7 Å². The number of aromatic nitrogens is 1. The number of hydrogen-bond donors (Lipinski definition) is 0. The number of carbonyl (C=O) groups is 2. The minimum absolute atomic E-state index is 0.0959. The van der Waals surface area contributed by atoms with Gasteiger partial charge in [-0.15, -0.1) is 0 Å². The minimum atomic E-state index is -0.956. The van der Waals surface area contributed by atoms with Gasteiger partial charge in [0, 0.05) is 23.1 Å². The fourth-order valence-corrected chi connectivity index (χ4v) is 5.35. The third-order valence-electron chi connectivity index (χ3n) is 7.79. The van der Waals surface area contributed by atoms with Crippen LogP contribution in [0, 0.1) is 17.0 Å². The number of hydrogen-bond acceptors (Lipinski definition) is 10. The van der Waals surface area contributed by atoms with Crippen LogP contribution in [0.2, 0.25) is 0 Å². The second-order valence-electron chi connectivity index (χ2n) is 10.0. The molecule has 3 heterocycles. The highest BCUT2D eigenvalue weighted by Gasteiger charge is 2.51. The molecule has 0 spiro atoms. The number of esters is 1. The summed E-state index contributed by atoms with van der Waals surface area (Å²) in [6.07, 6.45) is 2.81. The van der Waals surface area contributed by atoms with Crippen molar-refractivity contribution in [3.63, 3.8) is 0 Å². The van der Waals surface area contributed by atoms with Crippen LogP contribution in [0.4, 0.5) is 10.5 Å². The molecular weight excluding hydrogens is 508 g/mol. The molecule has 1 aromatic heterocycles. The fourth-order valence-electron chi connectivity index (χ4n) is 5.35. The standard InChI is InChI=1S/C28H28N2O9/c1-18-23(16-36-26(32)38-22-9-7-21(8-10-22)30(33)34)25(39-29-18)19-3-5-20(6-4-19)27-11-13-28(14-12-27,37-17-27)15-24(31)35-2/h3-10H,11-17H2,1-2H3. The Balaban J connectivity index is 1.23. The Morgan fingerprint density at radius 2 is 1.74 bits per heavy atom. The van der Waals surface area contributed by atoms with Gasteiger partial charge in [-0.3, -0.25) is 14.9 Å². The molecule has 0 N–H and O–H groups in total. The number of fused-ring (bicyclic) bond motifs is 3. The summed E-state index contributed by atoms with van der Waals surface area (Å²) in [5, 5.41) is 14.8. The van der Waals surface area contributed by atoms with E-state index in [9.17, 15) is 19.7 Å². The third-order valence-corrected chi connectivity index (χ3v) is 7.79. The number of ether oxygens (including phenoxy) is 4. The molecule has 0 amide bonds. The Kier molecular flexibility index (Phi) is 7.09. The van der Waals surface area contributed by atoms with Crippen LogP contribution in [0.5, 0.6) is 5.75 Å². The van der Waals surface area contributed by atoms with Crippen LogP contribution in [0.15, 0.2) is 53.1 Å². The zero-order chi connectivity index (χ0) is 27.6. The number of methoxy groups -OCH3 is 1. The first kappa shape index (κ1) is 26.4. The zero-order valence-electron chi connectivity index (χ0n) is 21.6. The van der Waals surface area contributed by atoms with Crippen LogP contribution >= 0.6 is 0 Å². The lowest BCUT2D eigenvalue weighted by Crippen LogP contribution is -2.54. The predicted molar refractivity (Wildman–Crippen MR) is 136 cm³/mol. The van der Waals surface area contributed by atoms with Gasteiger partial charge < -0.3 is 23.5 Å². The molecule has 204 valence electrons. The number of non-ortho nitro benzene ring substituents is 1. The van der Waals surface area contributed by atoms with Crippen LogP contribution in [-0.2, 0) is 31.0 Å². The summed E-state index contributed by atoms with van der Waals surface area (Å²) >= 11 is 0. The highest BCUT2D eigenvalue weighted by atomic mass is 16.7. The number of nitro benzene ring substituents is 1. The molecule has 2 saturated heterocycles. The molecule has 0 unspecified atom stereocenters. The van der Waals surface area contributed by atoms with Gasteiger partial charge in [-0.05, 0) is 50.3 Å². The van der Waals surface area contributed by atoms with E-state index in [1.807, 2.05) is 12.1 Å². The van der Waals surface area contributed by atoms with Gasteiger partial charge in [0.25, 0.3) is 5.69 Å². The van der Waals surface area contributed by atoms with E-state index in [0.717, 1.165) is 31.2 Å². The summed E-state index contributed by atoms with van der Waals surface area (Å²) in [5.41, 5.74) is 2.50. The van der Waals surface area contributed by atoms with Gasteiger partial charge in [0.2, 0.25) is 0 Å². The second-order valence-corrected chi connectivity index (χ2v) is 10.0. The van der Waals surface area contributed by atoms with Crippen molar-refractivity contribution in [1.82, 2.24) is 5.16 Å². The molecule has 0 radical (unpaired) electrons. The number of benzene rings is 2. The van der Waals surface area contributed by atoms with Crippen LogP contribution < -0.4 is 4.74 Å². The Labute approximate surface area is 224 Å². The van der Waals surface area contributed by atoms with E-state index in [1.54, 1.807) is 6.92 Å². The van der Waals surface area contributed by atoms with E-state index < -0.39 is 16.7 Å². The van der Waals surface area contributed by atoms with Crippen molar-refractivity contribution < 1.29 is 38.0 Å². The maximum absolute atomic E-state index is 12.2. The van der Waals surface area contributed by atoms with E-state index in [2.05, 4.69) is 17.3 Å². The Morgan fingerprint density at radius 1 is 1.05 bits per heavy atom. The molecule has 2 bridgehead atoms. The minimum Gasteiger partial charge on any atom is -0.469 e. The fraction of sp³-hybridized carbons (Fsp3) is 0.393. The monoisotopic (exact) mass is 536 g/mol. The molecule has 0 atom stereocenters. The Bertz CT molecular complexity index is 1350. The summed E-state index contributed by atoms with van der Waals surface area (Å²) in [5.74, 6) is 0.371. The van der Waals surface area contributed by atoms with E-state index in [-0.39, 0.29) is 35.8 Å². The Morgan fingerprint density at radius 3 is 2.33 bits per heavy atom. The first-order chi connectivity index (χ1) is 18.7. The summed E-state index contributed by atoms with van der Waals surface area (Å²) in [4.78, 5) is 34.3. The summed E-state index contributed by atoms with van der Waals surface area (Å²) < 4.78 is 27.0. The topological polar surface area (TPSA) is 140 Å². The first-order valence-electron chi connectivity index (χ1n) is 12.6. The predicted octanol–water partition coefficient (Wildman–Crippen LogP) is 5.42. The first-order valence-corrected chi connectivity index (χ1v) is 12.6. The zero-order valence-corrected chi connectivity index (χ0v) is 21.6. The number of carbonyl (C=O) groups excluding carboxylic acids is 2. The van der Waals surface area contributed by atoms with Gasteiger partial charge in [-0.1, -0.05) is 29.4 Å². The molecule has 1 aliphatic carbocycles. The molecular formula is C28H28N2O9. The van der Waals surface area contributed by atoms with Crippen molar-refractivity contribution in [3.8, 4) is 17.1 Å². The summed E-state index contributed by atoms with van der Waals surface area (Å²) in [6.45, 7) is 2.18. The van der Waals surface area contributed by atoms with Gasteiger partial charge in [0.15, 0.2) is 5.76 Å². The SMILES string of the molecule is COC(=O)CC12CCC(c3ccc(-c4onc(C)c4COC(=O)Oc4ccc([N+](=O)[O-])cc4)cc3)(CC1)CO2. The molecule has 3 aromatic rings. The van der Waals surface area contributed by atoms with Crippen molar-refractivity contribution in [2.75, 3.05) is 13.7 Å². The highest BCUT2D eigenvalue weighted by Crippen LogP contribution is 2.51. The summed E-state index contributed by atoms with van der Waals surface area (Å²) in [6, 6.07) is 13.1. The molecule has 11 nitrogen and oxygen atoms in total. The molecule has 2 aliphatic heterocycles. The van der Waals surface area contributed by atoms with Crippen LogP contribution in [0.25, 0.3) is 11.3 Å². The van der Waals surface area contributed by atoms with E-state index >= 15 is 0 Å². The molecule has 3 aliphatic rings. The molecule has 6 rings (SSSR count). The molecule has 39 heavy (non-hydrogen) atoms. The van der Waals surface area contributed by atoms with Crippen molar-refractivity contribution >= 4 is 17.8 Å². The molecule has 2 aromatic carbocycles. The smallest absolute Gasteiger partial charge is 0.469 e. The van der Waals surface area contributed by atoms with Crippen molar-refractivity contribution in [2.24, 2.45) is 0 Å². The van der Waals surface area contributed by atoms with Gasteiger partial charge in [0.05, 0.1) is 41.9 Å². The molecule has 11 heteroatoms. The number of nitro groups is 1. The van der Waals surface area contributed by atoms with E-state index in [0.29, 0.717) is 23.6 Å². The van der Waals surface area contributed by atoms with Gasteiger partial charge in [-0.25, -0.2) is 4.79 Å².